The van der Waals surface area contributed by atoms with Gasteiger partial charge in [0.1, 0.15) is 0 Å². The molecule has 1 aliphatic rings. The van der Waals surface area contributed by atoms with Crippen LogP contribution in [0.1, 0.15) is 27.7 Å². The van der Waals surface area contributed by atoms with E-state index >= 15 is 0 Å². The zero-order chi connectivity index (χ0) is 9.41. The zero-order valence-electron chi connectivity index (χ0n) is 8.60. The minimum absolute atomic E-state index is 0.0123. The Bertz CT molecular complexity index is 154. The fraction of sp³-hybridized carbons (Fsp3) is 1.00. The number of hydrogen-bond donors (Lipinski definition) is 0. The van der Waals surface area contributed by atoms with Gasteiger partial charge in [0.25, 0.3) is 0 Å². The van der Waals surface area contributed by atoms with Crippen LogP contribution in [0.25, 0.3) is 0 Å². The average Bonchev–Trinajstić information content (AvgIpc) is 2.02. The van der Waals surface area contributed by atoms with Crippen LogP contribution in [-0.2, 0) is 9.31 Å². The van der Waals surface area contributed by atoms with E-state index in [0.717, 1.165) is 14.6 Å². The van der Waals surface area contributed by atoms with Crippen LogP contribution in [-0.4, -0.2) is 31.0 Å². The molecule has 12 heavy (non-hydrogen) atoms. The largest absolute Gasteiger partial charge is 0.462 e. The molecule has 70 valence electrons. The van der Waals surface area contributed by atoms with Crippen LogP contribution in [0.3, 0.4) is 0 Å². The van der Waals surface area contributed by atoms with Crippen molar-refractivity contribution in [1.82, 2.24) is 0 Å². The van der Waals surface area contributed by atoms with Crippen molar-refractivity contribution in [3.63, 3.8) is 0 Å². The van der Waals surface area contributed by atoms with Crippen molar-refractivity contribution in [3.8, 4) is 0 Å². The van der Waals surface area contributed by atoms with Gasteiger partial charge < -0.3 is 9.31 Å². The Morgan fingerprint density at radius 1 is 1.08 bits per heavy atom. The first-order valence-corrected chi connectivity index (χ1v) is 6.10. The smallest absolute Gasteiger partial charge is 0.403 e. The lowest BCUT2D eigenvalue weighted by Gasteiger charge is -2.32. The van der Waals surface area contributed by atoms with Gasteiger partial charge in [-0.15, -0.1) is 8.58 Å². The zero-order valence-corrected chi connectivity index (χ0v) is 9.60. The van der Waals surface area contributed by atoms with Crippen molar-refractivity contribution < 1.29 is 9.31 Å². The van der Waals surface area contributed by atoms with Crippen molar-refractivity contribution in [3.05, 3.63) is 0 Å². The van der Waals surface area contributed by atoms with E-state index < -0.39 is 0 Å². The highest BCUT2D eigenvalue weighted by Crippen LogP contribution is 2.37. The normalized spacial score (nSPS) is 27.2. The average molecular weight is 188 g/mol. The first kappa shape index (κ1) is 10.5. The Morgan fingerprint density at radius 3 is 1.83 bits per heavy atom. The molecule has 0 bridgehead atoms. The van der Waals surface area contributed by atoms with Crippen molar-refractivity contribution in [2.75, 3.05) is 12.7 Å². The van der Waals surface area contributed by atoms with Gasteiger partial charge in [0.2, 0.25) is 0 Å². The van der Waals surface area contributed by atoms with E-state index in [9.17, 15) is 0 Å². The Balaban J connectivity index is 2.61. The van der Waals surface area contributed by atoms with E-state index in [1.54, 1.807) is 0 Å². The maximum atomic E-state index is 5.79. The molecular formula is C8H18BO2P. The summed E-state index contributed by atoms with van der Waals surface area (Å²) in [6, 6.07) is 1.02. The van der Waals surface area contributed by atoms with Gasteiger partial charge in [0.15, 0.2) is 0 Å². The molecule has 1 rings (SSSR count). The van der Waals surface area contributed by atoms with Crippen molar-refractivity contribution in [2.45, 2.75) is 38.9 Å². The summed E-state index contributed by atoms with van der Waals surface area (Å²) in [5, 5.41) is 0. The van der Waals surface area contributed by atoms with Crippen molar-refractivity contribution in [2.24, 2.45) is 0 Å². The maximum absolute atomic E-state index is 5.79. The second-order valence-corrected chi connectivity index (χ2v) is 5.36. The molecule has 0 spiro atoms. The first-order chi connectivity index (χ1) is 5.39. The third-order valence-electron chi connectivity index (χ3n) is 2.67. The lowest BCUT2D eigenvalue weighted by molar-refractivity contribution is 0.00578. The molecule has 0 aromatic carbocycles. The lowest BCUT2D eigenvalue weighted by Crippen LogP contribution is -2.41. The Labute approximate surface area is 77.3 Å². The molecule has 0 aliphatic carbocycles. The van der Waals surface area contributed by atoms with Gasteiger partial charge in [-0.05, 0) is 40.4 Å². The Morgan fingerprint density at radius 2 is 1.50 bits per heavy atom. The highest BCUT2D eigenvalue weighted by Gasteiger charge is 2.50. The van der Waals surface area contributed by atoms with Gasteiger partial charge in [0, 0.05) is 0 Å². The highest BCUT2D eigenvalue weighted by atomic mass is 31.1. The van der Waals surface area contributed by atoms with Crippen LogP contribution in [0, 0.1) is 0 Å². The molecule has 1 aliphatic heterocycles. The summed E-state index contributed by atoms with van der Waals surface area (Å²) in [7, 11) is 0.906. The summed E-state index contributed by atoms with van der Waals surface area (Å²) in [5.41, 5.74) is -0.311. The summed E-state index contributed by atoms with van der Waals surface area (Å²) in [4.78, 5) is 0. The van der Waals surface area contributed by atoms with E-state index in [-0.39, 0.29) is 18.3 Å². The van der Waals surface area contributed by atoms with Crippen molar-refractivity contribution >= 4 is 15.7 Å². The van der Waals surface area contributed by atoms with E-state index in [1.807, 2.05) is 0 Å². The predicted molar refractivity (Wildman–Crippen MR) is 55.2 cm³/mol. The summed E-state index contributed by atoms with van der Waals surface area (Å²) in [6.07, 6.45) is 0. The molecule has 1 saturated heterocycles. The van der Waals surface area contributed by atoms with Gasteiger partial charge in [-0.3, -0.25) is 0 Å². The molecule has 0 aromatic heterocycles. The molecule has 1 heterocycles. The molecule has 0 amide bonds. The second kappa shape index (κ2) is 3.28. The van der Waals surface area contributed by atoms with Crippen LogP contribution in [0.4, 0.5) is 0 Å². The molecule has 0 N–H and O–H groups in total. The molecule has 1 fully saturated rings. The summed E-state index contributed by atoms with van der Waals surface area (Å²) < 4.78 is 11.6. The topological polar surface area (TPSA) is 18.5 Å². The fourth-order valence-electron chi connectivity index (χ4n) is 1.22. The third-order valence-corrected chi connectivity index (χ3v) is 3.41. The second-order valence-electron chi connectivity index (χ2n) is 4.24. The van der Waals surface area contributed by atoms with E-state index in [4.69, 9.17) is 9.31 Å². The minimum Gasteiger partial charge on any atom is -0.403 e. The van der Waals surface area contributed by atoms with Crippen LogP contribution in [0.2, 0.25) is 0 Å². The van der Waals surface area contributed by atoms with E-state index in [1.165, 1.54) is 0 Å². The van der Waals surface area contributed by atoms with Gasteiger partial charge in [-0.2, -0.15) is 0 Å². The van der Waals surface area contributed by atoms with Crippen LogP contribution < -0.4 is 0 Å². The minimum atomic E-state index is -0.155. The molecular weight excluding hydrogens is 170 g/mol. The maximum Gasteiger partial charge on any atom is 0.462 e. The van der Waals surface area contributed by atoms with Gasteiger partial charge in [0.05, 0.1) is 11.2 Å². The standard InChI is InChI=1S/C8H18BO2P/c1-7(2)8(3,4)11-9(10-7)6-12-5/h12H,6H2,1-5H3. The molecule has 4 heteroatoms. The summed E-state index contributed by atoms with van der Waals surface area (Å²) in [5.74, 6) is 0. The fourth-order valence-corrected chi connectivity index (χ4v) is 1.72. The molecule has 0 saturated carbocycles. The molecule has 1 unspecified atom stereocenters. The highest BCUT2D eigenvalue weighted by molar-refractivity contribution is 7.39. The SMILES string of the molecule is CPCB1OC(C)(C)C(C)(C)O1. The van der Waals surface area contributed by atoms with Crippen LogP contribution in [0.5, 0.6) is 0 Å². The predicted octanol–water partition coefficient (Wildman–Crippen LogP) is 1.93. The molecule has 2 nitrogen and oxygen atoms in total. The number of hydrogen-bond acceptors (Lipinski definition) is 2. The third kappa shape index (κ3) is 1.84. The van der Waals surface area contributed by atoms with Crippen LogP contribution in [0.15, 0.2) is 0 Å². The quantitative estimate of drug-likeness (QED) is 0.486. The Kier molecular flexibility index (Phi) is 2.87. The monoisotopic (exact) mass is 188 g/mol. The van der Waals surface area contributed by atoms with Gasteiger partial charge in [-0.25, -0.2) is 0 Å². The van der Waals surface area contributed by atoms with Gasteiger partial charge in [-0.1, -0.05) is 0 Å². The lowest BCUT2D eigenvalue weighted by atomic mass is 9.90. The van der Waals surface area contributed by atoms with E-state index in [2.05, 4.69) is 34.4 Å². The van der Waals surface area contributed by atoms with Gasteiger partial charge >= 0.3 is 7.12 Å². The Hall–Kier alpha value is 0.415. The summed E-state index contributed by atoms with van der Waals surface area (Å²) >= 11 is 0. The summed E-state index contributed by atoms with van der Waals surface area (Å²) in [6.45, 7) is 10.5. The van der Waals surface area contributed by atoms with Crippen LogP contribution >= 0.6 is 8.58 Å². The number of rotatable bonds is 2. The molecule has 0 aromatic rings. The van der Waals surface area contributed by atoms with E-state index in [0.29, 0.717) is 0 Å². The molecule has 1 atom stereocenters. The molecule has 0 radical (unpaired) electrons. The van der Waals surface area contributed by atoms with Crippen molar-refractivity contribution in [1.29, 1.82) is 0 Å². The first-order valence-electron chi connectivity index (χ1n) is 4.39.